The maximum atomic E-state index is 13.9. The number of alkyl halides is 1. The Morgan fingerprint density at radius 3 is 2.89 bits per heavy atom. The topological polar surface area (TPSA) is 29.5 Å². The van der Waals surface area contributed by atoms with E-state index in [-0.39, 0.29) is 22.0 Å². The third-order valence-corrected chi connectivity index (χ3v) is 4.76. The molecule has 2 atom stereocenters. The van der Waals surface area contributed by atoms with Crippen LogP contribution in [0.5, 0.6) is 5.75 Å². The lowest BCUT2D eigenvalue weighted by atomic mass is 9.98. The third-order valence-electron chi connectivity index (χ3n) is 3.56. The van der Waals surface area contributed by atoms with Gasteiger partial charge in [-0.2, -0.15) is 0 Å². The van der Waals surface area contributed by atoms with Crippen molar-refractivity contribution < 1.29 is 13.9 Å². The Labute approximate surface area is 120 Å². The first-order valence-electron chi connectivity index (χ1n) is 6.30. The van der Waals surface area contributed by atoms with E-state index in [1.54, 1.807) is 11.0 Å². The van der Waals surface area contributed by atoms with Crippen LogP contribution in [0.2, 0.25) is 0 Å². The molecule has 0 spiro atoms. The first-order chi connectivity index (χ1) is 9.04. The number of halogens is 2. The minimum Gasteiger partial charge on any atom is -0.496 e. The molecule has 0 saturated carbocycles. The normalized spacial score (nSPS) is 23.3. The summed E-state index contributed by atoms with van der Waals surface area (Å²) in [6.07, 6.45) is 0.915. The molecule has 0 radical (unpaired) electrons. The van der Waals surface area contributed by atoms with Crippen molar-refractivity contribution in [1.82, 2.24) is 4.90 Å². The largest absolute Gasteiger partial charge is 0.496 e. The molecule has 1 fully saturated rings. The van der Waals surface area contributed by atoms with E-state index in [1.165, 1.54) is 19.2 Å². The van der Waals surface area contributed by atoms with Crippen LogP contribution in [0, 0.1) is 11.7 Å². The fourth-order valence-corrected chi connectivity index (χ4v) is 2.86. The van der Waals surface area contributed by atoms with Gasteiger partial charge in [-0.1, -0.05) is 28.9 Å². The molecule has 0 N–H and O–H groups in total. The fraction of sp³-hybridized carbons (Fsp3) is 0.500. The molecule has 0 bridgehead atoms. The number of piperidine rings is 1. The average Bonchev–Trinajstić information content (AvgIpc) is 2.40. The second kappa shape index (κ2) is 5.90. The van der Waals surface area contributed by atoms with Gasteiger partial charge in [0.25, 0.3) is 5.91 Å². The van der Waals surface area contributed by atoms with E-state index in [0.717, 1.165) is 6.42 Å². The Balaban J connectivity index is 2.25. The van der Waals surface area contributed by atoms with Gasteiger partial charge in [-0.05, 0) is 24.5 Å². The summed E-state index contributed by atoms with van der Waals surface area (Å²) in [7, 11) is 1.44. The number of carbonyl (C=O) groups excluding carboxylic acids is 1. The summed E-state index contributed by atoms with van der Waals surface area (Å²) in [5, 5.41) is 0. The second-order valence-corrected chi connectivity index (χ2v) is 6.03. The van der Waals surface area contributed by atoms with E-state index in [0.29, 0.717) is 19.0 Å². The number of amides is 1. The zero-order valence-electron chi connectivity index (χ0n) is 11.0. The smallest absolute Gasteiger partial charge is 0.260 e. The van der Waals surface area contributed by atoms with Crippen molar-refractivity contribution in [2.75, 3.05) is 20.2 Å². The summed E-state index contributed by atoms with van der Waals surface area (Å²) in [5.41, 5.74) is 0.0271. The summed E-state index contributed by atoms with van der Waals surface area (Å²) in [5.74, 6) is -0.0262. The van der Waals surface area contributed by atoms with Crippen LogP contribution in [-0.2, 0) is 0 Å². The summed E-state index contributed by atoms with van der Waals surface area (Å²) >= 11 is 3.57. The quantitative estimate of drug-likeness (QED) is 0.780. The van der Waals surface area contributed by atoms with E-state index >= 15 is 0 Å². The minimum absolute atomic E-state index is 0.0271. The van der Waals surface area contributed by atoms with E-state index in [4.69, 9.17) is 4.74 Å². The maximum absolute atomic E-state index is 13.9. The van der Waals surface area contributed by atoms with Crippen LogP contribution in [0.15, 0.2) is 18.2 Å². The van der Waals surface area contributed by atoms with Crippen molar-refractivity contribution in [3.05, 3.63) is 29.6 Å². The zero-order chi connectivity index (χ0) is 14.0. The molecule has 0 aliphatic carbocycles. The van der Waals surface area contributed by atoms with E-state index in [1.807, 2.05) is 0 Å². The van der Waals surface area contributed by atoms with Gasteiger partial charge in [-0.25, -0.2) is 4.39 Å². The molecule has 104 valence electrons. The molecule has 0 aromatic heterocycles. The molecule has 1 heterocycles. The maximum Gasteiger partial charge on any atom is 0.260 e. The van der Waals surface area contributed by atoms with Crippen molar-refractivity contribution in [3.63, 3.8) is 0 Å². The summed E-state index contributed by atoms with van der Waals surface area (Å²) in [4.78, 5) is 14.4. The highest BCUT2D eigenvalue weighted by Crippen LogP contribution is 2.28. The van der Waals surface area contributed by atoms with Crippen molar-refractivity contribution >= 4 is 21.8 Å². The summed E-state index contributed by atoms with van der Waals surface area (Å²) in [6, 6.07) is 4.43. The van der Waals surface area contributed by atoms with Gasteiger partial charge in [-0.15, -0.1) is 0 Å². The number of carbonyl (C=O) groups is 1. The van der Waals surface area contributed by atoms with Crippen molar-refractivity contribution in [2.24, 2.45) is 5.92 Å². The van der Waals surface area contributed by atoms with Crippen LogP contribution in [0.25, 0.3) is 0 Å². The highest BCUT2D eigenvalue weighted by Gasteiger charge is 2.30. The SMILES string of the molecule is COc1cccc(F)c1C(=O)N1CCC(C)C(Br)C1. The van der Waals surface area contributed by atoms with Crippen LogP contribution < -0.4 is 4.74 Å². The number of methoxy groups -OCH3 is 1. The van der Waals surface area contributed by atoms with Gasteiger partial charge in [-0.3, -0.25) is 4.79 Å². The third kappa shape index (κ3) is 2.91. The van der Waals surface area contributed by atoms with Crippen LogP contribution >= 0.6 is 15.9 Å². The molecule has 1 aromatic rings. The lowest BCUT2D eigenvalue weighted by molar-refractivity contribution is 0.0697. The van der Waals surface area contributed by atoms with Gasteiger partial charge in [0.05, 0.1) is 7.11 Å². The Morgan fingerprint density at radius 1 is 1.53 bits per heavy atom. The van der Waals surface area contributed by atoms with E-state index in [2.05, 4.69) is 22.9 Å². The van der Waals surface area contributed by atoms with Gasteiger partial charge < -0.3 is 9.64 Å². The van der Waals surface area contributed by atoms with Crippen LogP contribution in [0.4, 0.5) is 4.39 Å². The van der Waals surface area contributed by atoms with Gasteiger partial charge in [0, 0.05) is 17.9 Å². The lowest BCUT2D eigenvalue weighted by Crippen LogP contribution is -2.44. The molecule has 1 aliphatic heterocycles. The molecule has 1 aliphatic rings. The highest BCUT2D eigenvalue weighted by atomic mass is 79.9. The minimum atomic E-state index is -0.533. The Hall–Kier alpha value is -1.10. The number of likely N-dealkylation sites (tertiary alicyclic amines) is 1. The van der Waals surface area contributed by atoms with Crippen molar-refractivity contribution in [3.8, 4) is 5.75 Å². The number of hydrogen-bond donors (Lipinski definition) is 0. The second-order valence-electron chi connectivity index (χ2n) is 4.85. The summed E-state index contributed by atoms with van der Waals surface area (Å²) < 4.78 is 19.0. The van der Waals surface area contributed by atoms with E-state index < -0.39 is 5.82 Å². The Morgan fingerprint density at radius 2 is 2.26 bits per heavy atom. The Bertz CT molecular complexity index is 481. The molecule has 1 aromatic carbocycles. The van der Waals surface area contributed by atoms with Crippen LogP contribution in [0.1, 0.15) is 23.7 Å². The standard InChI is InChI=1S/C14H17BrFNO2/c1-9-6-7-17(8-10(9)15)14(18)13-11(16)4-3-5-12(13)19-2/h3-5,9-10H,6-8H2,1-2H3. The number of benzene rings is 1. The molecule has 19 heavy (non-hydrogen) atoms. The first kappa shape index (κ1) is 14.3. The van der Waals surface area contributed by atoms with Crippen LogP contribution in [0.3, 0.4) is 0 Å². The number of ether oxygens (including phenoxy) is 1. The monoisotopic (exact) mass is 329 g/mol. The first-order valence-corrected chi connectivity index (χ1v) is 7.22. The zero-order valence-corrected chi connectivity index (χ0v) is 12.6. The molecule has 2 rings (SSSR count). The molecular formula is C14H17BrFNO2. The Kier molecular flexibility index (Phi) is 4.45. The molecular weight excluding hydrogens is 313 g/mol. The lowest BCUT2D eigenvalue weighted by Gasteiger charge is -2.34. The predicted octanol–water partition coefficient (Wildman–Crippen LogP) is 3.08. The molecule has 2 unspecified atom stereocenters. The van der Waals surface area contributed by atoms with Gasteiger partial charge in [0.2, 0.25) is 0 Å². The predicted molar refractivity (Wildman–Crippen MR) is 75.4 cm³/mol. The van der Waals surface area contributed by atoms with Crippen molar-refractivity contribution in [2.45, 2.75) is 18.2 Å². The fourth-order valence-electron chi connectivity index (χ4n) is 2.25. The highest BCUT2D eigenvalue weighted by molar-refractivity contribution is 9.09. The van der Waals surface area contributed by atoms with Gasteiger partial charge >= 0.3 is 0 Å². The molecule has 1 amide bonds. The summed E-state index contributed by atoms with van der Waals surface area (Å²) in [6.45, 7) is 3.39. The van der Waals surface area contributed by atoms with Gasteiger partial charge in [0.1, 0.15) is 17.1 Å². The number of hydrogen-bond acceptors (Lipinski definition) is 2. The average molecular weight is 330 g/mol. The number of rotatable bonds is 2. The molecule has 3 nitrogen and oxygen atoms in total. The van der Waals surface area contributed by atoms with Crippen molar-refractivity contribution in [1.29, 1.82) is 0 Å². The van der Waals surface area contributed by atoms with Gasteiger partial charge in [0.15, 0.2) is 0 Å². The van der Waals surface area contributed by atoms with Crippen LogP contribution in [-0.4, -0.2) is 35.8 Å². The molecule has 5 heteroatoms. The van der Waals surface area contributed by atoms with E-state index in [9.17, 15) is 9.18 Å². The molecule has 1 saturated heterocycles. The number of nitrogens with zero attached hydrogens (tertiary/aromatic N) is 1.